The number of carbonyl (C=O) groups is 1. The molecule has 1 amide bonds. The van der Waals surface area contributed by atoms with Crippen LogP contribution in [0.3, 0.4) is 0 Å². The molecule has 1 aromatic heterocycles. The van der Waals surface area contributed by atoms with Crippen LogP contribution in [0.5, 0.6) is 0 Å². The molecule has 1 aromatic rings. The van der Waals surface area contributed by atoms with Gasteiger partial charge in [0.2, 0.25) is 0 Å². The molecule has 2 atom stereocenters. The number of halogens is 1. The summed E-state index contributed by atoms with van der Waals surface area (Å²) in [5.41, 5.74) is 0.843. The fourth-order valence-electron chi connectivity index (χ4n) is 2.72. The van der Waals surface area contributed by atoms with Crippen molar-refractivity contribution in [3.8, 4) is 0 Å². The van der Waals surface area contributed by atoms with Gasteiger partial charge in [0.1, 0.15) is 0 Å². The molecule has 118 valence electrons. The van der Waals surface area contributed by atoms with Gasteiger partial charge in [-0.1, -0.05) is 0 Å². The molecule has 1 fully saturated rings. The maximum absolute atomic E-state index is 12.0. The number of carbonyl (C=O) groups excluding carboxylic acids is 1. The lowest BCUT2D eigenvalue weighted by Crippen LogP contribution is -2.46. The number of hydrogen-bond acceptors (Lipinski definition) is 4. The number of hydrogen-bond donors (Lipinski definition) is 1. The minimum absolute atomic E-state index is 0.151. The number of rotatable bonds is 5. The second kappa shape index (κ2) is 7.42. The zero-order valence-electron chi connectivity index (χ0n) is 12.8. The first-order valence-corrected chi connectivity index (χ1v) is 8.17. The van der Waals surface area contributed by atoms with E-state index in [0.29, 0.717) is 17.0 Å². The summed E-state index contributed by atoms with van der Waals surface area (Å²) in [4.78, 5) is 14.4. The number of nitrogens with zero attached hydrogens (tertiary/aromatic N) is 1. The van der Waals surface area contributed by atoms with Crippen LogP contribution in [0.1, 0.15) is 36.4 Å². The summed E-state index contributed by atoms with van der Waals surface area (Å²) in [5, 5.41) is 2.90. The molecule has 0 saturated carbocycles. The Bertz CT molecular complexity index is 479. The largest absolute Gasteiger partial charge is 0.444 e. The van der Waals surface area contributed by atoms with Crippen molar-refractivity contribution in [3.63, 3.8) is 0 Å². The summed E-state index contributed by atoms with van der Waals surface area (Å²) in [6.07, 6.45) is 1.49. The molecular weight excluding hydrogens is 336 g/mol. The van der Waals surface area contributed by atoms with Gasteiger partial charge in [0.05, 0.1) is 12.2 Å². The van der Waals surface area contributed by atoms with Gasteiger partial charge in [-0.2, -0.15) is 0 Å². The average molecular weight is 359 g/mol. The van der Waals surface area contributed by atoms with E-state index in [1.54, 1.807) is 6.07 Å². The van der Waals surface area contributed by atoms with E-state index in [4.69, 9.17) is 9.15 Å². The summed E-state index contributed by atoms with van der Waals surface area (Å²) in [7, 11) is 0. The van der Waals surface area contributed by atoms with Crippen LogP contribution >= 0.6 is 15.9 Å². The number of nitrogens with one attached hydrogen (secondary N) is 1. The van der Waals surface area contributed by atoms with E-state index in [0.717, 1.165) is 31.6 Å². The lowest BCUT2D eigenvalue weighted by molar-refractivity contribution is -0.0680. The highest BCUT2D eigenvalue weighted by Gasteiger charge is 2.21. The second-order valence-electron chi connectivity index (χ2n) is 5.69. The van der Waals surface area contributed by atoms with Crippen molar-refractivity contribution >= 4 is 21.8 Å². The third-order valence-corrected chi connectivity index (χ3v) is 3.92. The summed E-state index contributed by atoms with van der Waals surface area (Å²) < 4.78 is 11.6. The molecule has 2 unspecified atom stereocenters. The van der Waals surface area contributed by atoms with E-state index in [-0.39, 0.29) is 18.1 Å². The third-order valence-electron chi connectivity index (χ3n) is 3.53. The third kappa shape index (κ3) is 4.83. The van der Waals surface area contributed by atoms with Crippen LogP contribution in [0.15, 0.2) is 15.2 Å². The predicted molar refractivity (Wildman–Crippen MR) is 84.5 cm³/mol. The van der Waals surface area contributed by atoms with Crippen molar-refractivity contribution < 1.29 is 13.9 Å². The molecule has 6 heteroatoms. The summed E-state index contributed by atoms with van der Waals surface area (Å²) in [6.45, 7) is 9.60. The molecule has 1 aliphatic heterocycles. The van der Waals surface area contributed by atoms with Gasteiger partial charge in [-0.15, -0.1) is 0 Å². The molecule has 1 saturated heterocycles. The highest BCUT2D eigenvalue weighted by Crippen LogP contribution is 2.19. The Labute approximate surface area is 134 Å². The Morgan fingerprint density at radius 3 is 2.67 bits per heavy atom. The highest BCUT2D eigenvalue weighted by molar-refractivity contribution is 9.10. The van der Waals surface area contributed by atoms with Crippen molar-refractivity contribution in [2.24, 2.45) is 0 Å². The van der Waals surface area contributed by atoms with Gasteiger partial charge in [-0.3, -0.25) is 9.69 Å². The van der Waals surface area contributed by atoms with E-state index >= 15 is 0 Å². The minimum Gasteiger partial charge on any atom is -0.444 e. The monoisotopic (exact) mass is 358 g/mol. The lowest BCUT2D eigenvalue weighted by atomic mass is 10.2. The second-order valence-corrected chi connectivity index (χ2v) is 6.47. The van der Waals surface area contributed by atoms with Crippen LogP contribution in [0.25, 0.3) is 0 Å². The number of aryl methyl sites for hydroxylation is 1. The Kier molecular flexibility index (Phi) is 5.84. The highest BCUT2D eigenvalue weighted by atomic mass is 79.9. The maximum Gasteiger partial charge on any atom is 0.287 e. The van der Waals surface area contributed by atoms with Crippen molar-refractivity contribution in [3.05, 3.63) is 22.1 Å². The van der Waals surface area contributed by atoms with E-state index in [9.17, 15) is 4.79 Å². The van der Waals surface area contributed by atoms with Crippen LogP contribution < -0.4 is 5.32 Å². The molecule has 0 radical (unpaired) electrons. The van der Waals surface area contributed by atoms with Crippen LogP contribution in [0.2, 0.25) is 0 Å². The van der Waals surface area contributed by atoms with Gasteiger partial charge in [-0.05, 0) is 49.2 Å². The fourth-order valence-corrected chi connectivity index (χ4v) is 3.23. The first kappa shape index (κ1) is 16.5. The molecule has 0 aliphatic carbocycles. The van der Waals surface area contributed by atoms with Gasteiger partial charge in [0.25, 0.3) is 5.91 Å². The van der Waals surface area contributed by atoms with Crippen molar-refractivity contribution in [2.75, 3.05) is 26.2 Å². The Morgan fingerprint density at radius 2 is 2.10 bits per heavy atom. The molecule has 1 aliphatic rings. The first-order chi connectivity index (χ1) is 9.95. The van der Waals surface area contributed by atoms with Crippen molar-refractivity contribution in [1.29, 1.82) is 0 Å². The van der Waals surface area contributed by atoms with Gasteiger partial charge >= 0.3 is 0 Å². The summed E-state index contributed by atoms with van der Waals surface area (Å²) in [5.74, 6) is 0.234. The fraction of sp³-hybridized carbons (Fsp3) is 0.667. The summed E-state index contributed by atoms with van der Waals surface area (Å²) in [6, 6.07) is 1.80. The lowest BCUT2D eigenvalue weighted by Gasteiger charge is -2.35. The molecule has 0 aromatic carbocycles. The van der Waals surface area contributed by atoms with Crippen LogP contribution in [0.4, 0.5) is 0 Å². The average Bonchev–Trinajstić information content (AvgIpc) is 2.72. The van der Waals surface area contributed by atoms with Crippen molar-refractivity contribution in [2.45, 2.75) is 39.4 Å². The van der Waals surface area contributed by atoms with Gasteiger partial charge < -0.3 is 14.5 Å². The number of ether oxygens (including phenoxy) is 1. The Balaban J connectivity index is 1.70. The maximum atomic E-state index is 12.0. The van der Waals surface area contributed by atoms with E-state index < -0.39 is 0 Å². The smallest absolute Gasteiger partial charge is 0.287 e. The van der Waals surface area contributed by atoms with E-state index in [1.165, 1.54) is 0 Å². The van der Waals surface area contributed by atoms with Crippen molar-refractivity contribution in [1.82, 2.24) is 10.2 Å². The normalized spacial score (nSPS) is 23.2. The van der Waals surface area contributed by atoms with Gasteiger partial charge in [-0.25, -0.2) is 0 Å². The zero-order valence-corrected chi connectivity index (χ0v) is 14.4. The van der Waals surface area contributed by atoms with E-state index in [2.05, 4.69) is 40.0 Å². The molecule has 0 bridgehead atoms. The predicted octanol–water partition coefficient (Wildman–Crippen LogP) is 2.58. The standard InChI is InChI=1S/C15H23BrN2O3/c1-10-7-13(16)21-14(10)15(19)17-5-4-6-18-8-11(2)20-12(3)9-18/h7,11-12H,4-6,8-9H2,1-3H3,(H,17,19). The Hall–Kier alpha value is -0.850. The topological polar surface area (TPSA) is 54.7 Å². The molecule has 1 N–H and O–H groups in total. The Morgan fingerprint density at radius 1 is 1.43 bits per heavy atom. The quantitative estimate of drug-likeness (QED) is 0.821. The number of furan rings is 1. The SMILES string of the molecule is Cc1cc(Br)oc1C(=O)NCCCN1CC(C)OC(C)C1. The van der Waals surface area contributed by atoms with Crippen LogP contribution in [-0.2, 0) is 4.74 Å². The molecule has 21 heavy (non-hydrogen) atoms. The molecular formula is C15H23BrN2O3. The molecule has 2 rings (SSSR count). The number of amides is 1. The zero-order chi connectivity index (χ0) is 15.4. The van der Waals surface area contributed by atoms with Crippen LogP contribution in [-0.4, -0.2) is 49.2 Å². The number of morpholine rings is 1. The summed E-state index contributed by atoms with van der Waals surface area (Å²) >= 11 is 3.23. The molecule has 2 heterocycles. The minimum atomic E-state index is -0.151. The first-order valence-electron chi connectivity index (χ1n) is 7.37. The molecule has 5 nitrogen and oxygen atoms in total. The van der Waals surface area contributed by atoms with Gasteiger partial charge in [0.15, 0.2) is 10.4 Å². The van der Waals surface area contributed by atoms with E-state index in [1.807, 2.05) is 6.92 Å². The van der Waals surface area contributed by atoms with Crippen LogP contribution in [0, 0.1) is 6.92 Å². The van der Waals surface area contributed by atoms with Gasteiger partial charge in [0, 0.05) is 31.7 Å². The molecule has 0 spiro atoms.